The number of aromatic nitrogens is 1. The molecule has 4 aromatic rings. The first kappa shape index (κ1) is 23.8. The highest BCUT2D eigenvalue weighted by Crippen LogP contribution is 2.32. The van der Waals surface area contributed by atoms with Crippen molar-refractivity contribution in [3.8, 4) is 5.75 Å². The van der Waals surface area contributed by atoms with Crippen molar-refractivity contribution >= 4 is 42.4 Å². The zero-order valence-corrected chi connectivity index (χ0v) is 19.7. The molecule has 0 aliphatic heterocycles. The van der Waals surface area contributed by atoms with E-state index in [9.17, 15) is 22.0 Å². The molecule has 1 aromatic heterocycles. The maximum absolute atomic E-state index is 14.2. The molecular weight excluding hydrogens is 482 g/mol. The lowest BCUT2D eigenvalue weighted by Gasteiger charge is -2.20. The van der Waals surface area contributed by atoms with Crippen molar-refractivity contribution in [1.82, 2.24) is 4.98 Å². The van der Waals surface area contributed by atoms with Gasteiger partial charge in [-0.2, -0.15) is 0 Å². The Morgan fingerprint density at radius 2 is 1.76 bits per heavy atom. The largest absolute Gasteiger partial charge is 0.497 e. The van der Waals surface area contributed by atoms with Crippen LogP contribution < -0.4 is 9.64 Å². The summed E-state index contributed by atoms with van der Waals surface area (Å²) in [6.07, 6.45) is -0.312. The minimum absolute atomic E-state index is 0.0434. The number of sulfone groups is 1. The third kappa shape index (κ3) is 5.23. The predicted molar refractivity (Wildman–Crippen MR) is 127 cm³/mol. The number of ether oxygens (including phenoxy) is 1. The van der Waals surface area contributed by atoms with Gasteiger partial charge in [-0.15, -0.1) is 0 Å². The van der Waals surface area contributed by atoms with Gasteiger partial charge >= 0.3 is 0 Å². The molecule has 0 atom stereocenters. The number of halogens is 2. The van der Waals surface area contributed by atoms with Crippen molar-refractivity contribution in [1.29, 1.82) is 0 Å². The van der Waals surface area contributed by atoms with E-state index < -0.39 is 33.1 Å². The van der Waals surface area contributed by atoms with Crippen molar-refractivity contribution in [3.05, 3.63) is 83.9 Å². The maximum Gasteiger partial charge on any atom is 0.230 e. The summed E-state index contributed by atoms with van der Waals surface area (Å²) in [5.41, 5.74) is 0.734. The van der Waals surface area contributed by atoms with Crippen LogP contribution in [0.2, 0.25) is 0 Å². The Labute approximate surface area is 199 Å². The summed E-state index contributed by atoms with van der Waals surface area (Å²) in [5, 5.41) is 0.162. The van der Waals surface area contributed by atoms with Crippen LogP contribution in [0.1, 0.15) is 12.0 Å². The number of benzene rings is 3. The standard InChI is InChI=1S/C24H20F2N2O4S2/c1-32-18-7-9-19(10-8-18)34(30,31)12-11-22(29)28(15-16-5-3-2-4-6-16)24-27-23-20(26)13-17(25)14-21(23)33-24/h2-10,13-14H,11-12,15H2,1H3. The molecule has 0 radical (unpaired) electrons. The van der Waals surface area contributed by atoms with Gasteiger partial charge in [0.2, 0.25) is 5.91 Å². The molecule has 0 aliphatic carbocycles. The zero-order valence-electron chi connectivity index (χ0n) is 18.1. The lowest BCUT2D eigenvalue weighted by molar-refractivity contribution is -0.118. The summed E-state index contributed by atoms with van der Waals surface area (Å²) in [7, 11) is -2.26. The Morgan fingerprint density at radius 3 is 2.44 bits per heavy atom. The number of nitrogens with zero attached hydrogens (tertiary/aromatic N) is 2. The van der Waals surface area contributed by atoms with Gasteiger partial charge in [0.15, 0.2) is 20.8 Å². The van der Waals surface area contributed by atoms with Gasteiger partial charge in [-0.05, 0) is 35.9 Å². The number of fused-ring (bicyclic) bond motifs is 1. The van der Waals surface area contributed by atoms with Gasteiger partial charge in [0.05, 0.1) is 29.0 Å². The number of rotatable bonds is 8. The summed E-state index contributed by atoms with van der Waals surface area (Å²) in [6.45, 7) is 0.103. The highest BCUT2D eigenvalue weighted by Gasteiger charge is 2.24. The Hall–Kier alpha value is -3.37. The zero-order chi connectivity index (χ0) is 24.3. The van der Waals surface area contributed by atoms with Crippen LogP contribution >= 0.6 is 11.3 Å². The quantitative estimate of drug-likeness (QED) is 0.340. The van der Waals surface area contributed by atoms with E-state index in [0.29, 0.717) is 5.75 Å². The van der Waals surface area contributed by atoms with Crippen molar-refractivity contribution in [2.45, 2.75) is 17.9 Å². The van der Waals surface area contributed by atoms with Crippen LogP contribution in [-0.2, 0) is 21.2 Å². The minimum Gasteiger partial charge on any atom is -0.497 e. The third-order valence-corrected chi connectivity index (χ3v) is 7.88. The van der Waals surface area contributed by atoms with E-state index in [1.807, 2.05) is 18.2 Å². The molecule has 0 aliphatic rings. The molecule has 0 unspecified atom stereocenters. The minimum atomic E-state index is -3.74. The predicted octanol–water partition coefficient (Wildman–Crippen LogP) is 4.98. The lowest BCUT2D eigenvalue weighted by Crippen LogP contribution is -2.31. The van der Waals surface area contributed by atoms with Crippen molar-refractivity contribution < 1.29 is 26.7 Å². The number of carbonyl (C=O) groups excluding carboxylic acids is 1. The van der Waals surface area contributed by atoms with Gasteiger partial charge in [0.1, 0.15) is 17.1 Å². The lowest BCUT2D eigenvalue weighted by atomic mass is 10.2. The van der Waals surface area contributed by atoms with Gasteiger partial charge in [-0.3, -0.25) is 9.69 Å². The van der Waals surface area contributed by atoms with Crippen molar-refractivity contribution in [3.63, 3.8) is 0 Å². The molecular formula is C24H20F2N2O4S2. The number of anilines is 1. The van der Waals surface area contributed by atoms with Gasteiger partial charge in [0.25, 0.3) is 0 Å². The van der Waals surface area contributed by atoms with E-state index in [1.54, 1.807) is 12.1 Å². The molecule has 0 bridgehead atoms. The van der Waals surface area contributed by atoms with E-state index in [0.717, 1.165) is 29.0 Å². The fraction of sp³-hybridized carbons (Fsp3) is 0.167. The van der Waals surface area contributed by atoms with Crippen LogP contribution in [0.25, 0.3) is 10.2 Å². The molecule has 0 saturated heterocycles. The molecule has 6 nitrogen and oxygen atoms in total. The number of hydrogen-bond donors (Lipinski definition) is 0. The average Bonchev–Trinajstić information content (AvgIpc) is 3.26. The van der Waals surface area contributed by atoms with E-state index in [4.69, 9.17) is 4.74 Å². The van der Waals surface area contributed by atoms with Gasteiger partial charge in [-0.1, -0.05) is 41.7 Å². The molecule has 34 heavy (non-hydrogen) atoms. The van der Waals surface area contributed by atoms with E-state index in [-0.39, 0.29) is 33.2 Å². The Balaban J connectivity index is 1.61. The molecule has 4 rings (SSSR count). The Morgan fingerprint density at radius 1 is 1.06 bits per heavy atom. The first-order valence-electron chi connectivity index (χ1n) is 10.2. The highest BCUT2D eigenvalue weighted by atomic mass is 32.2. The topological polar surface area (TPSA) is 76.6 Å². The van der Waals surface area contributed by atoms with Gasteiger partial charge < -0.3 is 4.74 Å². The molecule has 0 N–H and O–H groups in total. The average molecular weight is 503 g/mol. The first-order valence-corrected chi connectivity index (χ1v) is 12.7. The summed E-state index contributed by atoms with van der Waals surface area (Å²) in [4.78, 5) is 18.8. The summed E-state index contributed by atoms with van der Waals surface area (Å²) in [6, 6.07) is 16.8. The molecule has 0 saturated carbocycles. The third-order valence-electron chi connectivity index (χ3n) is 5.12. The van der Waals surface area contributed by atoms with Gasteiger partial charge in [-0.25, -0.2) is 22.2 Å². The van der Waals surface area contributed by atoms with Crippen molar-refractivity contribution in [2.75, 3.05) is 17.8 Å². The first-order chi connectivity index (χ1) is 16.3. The Kier molecular flexibility index (Phi) is 6.90. The van der Waals surface area contributed by atoms with Crippen LogP contribution in [0.5, 0.6) is 5.75 Å². The molecule has 10 heteroatoms. The molecule has 1 amide bonds. The summed E-state index contributed by atoms with van der Waals surface area (Å²) < 4.78 is 58.7. The fourth-order valence-corrected chi connectivity index (χ4v) is 5.60. The Bertz CT molecular complexity index is 1420. The van der Waals surface area contributed by atoms with E-state index >= 15 is 0 Å². The van der Waals surface area contributed by atoms with Crippen molar-refractivity contribution in [2.24, 2.45) is 0 Å². The number of thiazole rings is 1. The van der Waals surface area contributed by atoms with Crippen LogP contribution in [0.15, 0.2) is 71.6 Å². The fourth-order valence-electron chi connectivity index (χ4n) is 3.35. The number of carbonyl (C=O) groups is 1. The molecule has 176 valence electrons. The molecule has 1 heterocycles. The van der Waals surface area contributed by atoms with Crippen LogP contribution in [-0.4, -0.2) is 32.2 Å². The second-order valence-electron chi connectivity index (χ2n) is 7.44. The van der Waals surface area contributed by atoms with Crippen LogP contribution in [0.4, 0.5) is 13.9 Å². The SMILES string of the molecule is COc1ccc(S(=O)(=O)CCC(=O)N(Cc2ccccc2)c2nc3c(F)cc(F)cc3s2)cc1. The molecule has 0 spiro atoms. The number of hydrogen-bond acceptors (Lipinski definition) is 6. The summed E-state index contributed by atoms with van der Waals surface area (Å²) in [5.74, 6) is -1.97. The normalized spacial score (nSPS) is 11.5. The van der Waals surface area contributed by atoms with Crippen LogP contribution in [0.3, 0.4) is 0 Å². The monoisotopic (exact) mass is 502 g/mol. The number of methoxy groups -OCH3 is 1. The smallest absolute Gasteiger partial charge is 0.230 e. The maximum atomic E-state index is 14.2. The van der Waals surface area contributed by atoms with Crippen LogP contribution in [0, 0.1) is 11.6 Å². The number of amides is 1. The second-order valence-corrected chi connectivity index (χ2v) is 10.6. The molecule has 0 fully saturated rings. The molecule has 3 aromatic carbocycles. The van der Waals surface area contributed by atoms with Gasteiger partial charge in [0, 0.05) is 12.5 Å². The highest BCUT2D eigenvalue weighted by molar-refractivity contribution is 7.91. The van der Waals surface area contributed by atoms with E-state index in [1.165, 1.54) is 36.3 Å². The van der Waals surface area contributed by atoms with E-state index in [2.05, 4.69) is 4.98 Å². The second kappa shape index (κ2) is 9.86. The summed E-state index contributed by atoms with van der Waals surface area (Å²) >= 11 is 0.966.